The summed E-state index contributed by atoms with van der Waals surface area (Å²) in [6.07, 6.45) is 3.05. The largest absolute Gasteiger partial charge is 0.482 e. The van der Waals surface area contributed by atoms with E-state index in [1.165, 1.54) is 17.2 Å². The first-order chi connectivity index (χ1) is 11.7. The van der Waals surface area contributed by atoms with Crippen LogP contribution in [0, 0.1) is 11.3 Å². The minimum absolute atomic E-state index is 0.0301. The van der Waals surface area contributed by atoms with Gasteiger partial charge in [0.1, 0.15) is 5.75 Å². The predicted octanol–water partition coefficient (Wildman–Crippen LogP) is 3.78. The molecule has 1 atom stereocenters. The number of hydrogen-bond donors (Lipinski definition) is 1. The van der Waals surface area contributed by atoms with E-state index in [-0.39, 0.29) is 18.6 Å². The van der Waals surface area contributed by atoms with Crippen molar-refractivity contribution in [3.8, 4) is 11.8 Å². The average molecular weight is 341 g/mol. The molecule has 0 saturated carbocycles. The Morgan fingerprint density at radius 3 is 2.96 bits per heavy atom. The SMILES string of the molecule is N#Cc1ccc(OCC(=O)N[C@H]2CCCc3ccccc32)c(Cl)c1. The van der Waals surface area contributed by atoms with Crippen LogP contribution in [0.4, 0.5) is 0 Å². The van der Waals surface area contributed by atoms with E-state index in [9.17, 15) is 4.79 Å². The van der Waals surface area contributed by atoms with Gasteiger partial charge in [0.05, 0.1) is 22.7 Å². The van der Waals surface area contributed by atoms with Crippen LogP contribution in [0.5, 0.6) is 5.75 Å². The van der Waals surface area contributed by atoms with Gasteiger partial charge in [0.2, 0.25) is 0 Å². The van der Waals surface area contributed by atoms with Crippen LogP contribution < -0.4 is 10.1 Å². The van der Waals surface area contributed by atoms with Gasteiger partial charge >= 0.3 is 0 Å². The van der Waals surface area contributed by atoms with E-state index in [2.05, 4.69) is 17.4 Å². The monoisotopic (exact) mass is 340 g/mol. The van der Waals surface area contributed by atoms with E-state index >= 15 is 0 Å². The maximum atomic E-state index is 12.2. The molecule has 0 aliphatic heterocycles. The van der Waals surface area contributed by atoms with Crippen LogP contribution >= 0.6 is 11.6 Å². The summed E-state index contributed by atoms with van der Waals surface area (Å²) in [5.74, 6) is 0.215. The molecule has 0 saturated heterocycles. The molecule has 0 aromatic heterocycles. The summed E-state index contributed by atoms with van der Waals surface area (Å²) in [6.45, 7) is -0.107. The summed E-state index contributed by atoms with van der Waals surface area (Å²) in [5.41, 5.74) is 2.94. The number of carbonyl (C=O) groups is 1. The van der Waals surface area contributed by atoms with Gasteiger partial charge in [0, 0.05) is 0 Å². The number of nitrogens with zero attached hydrogens (tertiary/aromatic N) is 1. The van der Waals surface area contributed by atoms with E-state index in [0.29, 0.717) is 16.3 Å². The van der Waals surface area contributed by atoms with Crippen molar-refractivity contribution in [2.24, 2.45) is 0 Å². The standard InChI is InChI=1S/C19H17ClN2O2/c20-16-10-13(11-21)8-9-18(16)24-12-19(23)22-17-7-3-5-14-4-1-2-6-15(14)17/h1-2,4,6,8-10,17H,3,5,7,12H2,(H,22,23)/t17-/m0/s1. The number of halogens is 1. The molecular formula is C19H17ClN2O2. The normalized spacial score (nSPS) is 15.9. The lowest BCUT2D eigenvalue weighted by Crippen LogP contribution is -2.34. The van der Waals surface area contributed by atoms with Crippen molar-refractivity contribution >= 4 is 17.5 Å². The summed E-state index contributed by atoms with van der Waals surface area (Å²) in [5, 5.41) is 12.2. The highest BCUT2D eigenvalue weighted by Crippen LogP contribution is 2.29. The number of aryl methyl sites for hydroxylation is 1. The van der Waals surface area contributed by atoms with Crippen molar-refractivity contribution in [1.29, 1.82) is 5.26 Å². The van der Waals surface area contributed by atoms with Crippen LogP contribution in [0.2, 0.25) is 5.02 Å². The molecule has 0 heterocycles. The molecule has 0 fully saturated rings. The van der Waals surface area contributed by atoms with Gasteiger partial charge in [-0.15, -0.1) is 0 Å². The number of nitriles is 1. The molecule has 3 rings (SSSR count). The second-order valence-electron chi connectivity index (χ2n) is 5.76. The third-order valence-electron chi connectivity index (χ3n) is 4.12. The van der Waals surface area contributed by atoms with Crippen LogP contribution in [0.15, 0.2) is 42.5 Å². The Morgan fingerprint density at radius 2 is 2.17 bits per heavy atom. The summed E-state index contributed by atoms with van der Waals surface area (Å²) in [4.78, 5) is 12.2. The zero-order valence-corrected chi connectivity index (χ0v) is 13.8. The maximum Gasteiger partial charge on any atom is 0.258 e. The molecule has 5 heteroatoms. The molecule has 4 nitrogen and oxygen atoms in total. The minimum atomic E-state index is -0.183. The molecule has 2 aromatic carbocycles. The Labute approximate surface area is 146 Å². The van der Waals surface area contributed by atoms with Crippen molar-refractivity contribution < 1.29 is 9.53 Å². The maximum absolute atomic E-state index is 12.2. The second-order valence-corrected chi connectivity index (χ2v) is 6.16. The molecule has 1 aliphatic carbocycles. The highest BCUT2D eigenvalue weighted by atomic mass is 35.5. The average Bonchev–Trinajstić information content (AvgIpc) is 2.61. The van der Waals surface area contributed by atoms with E-state index in [1.54, 1.807) is 12.1 Å². The zero-order valence-electron chi connectivity index (χ0n) is 13.1. The smallest absolute Gasteiger partial charge is 0.258 e. The second kappa shape index (κ2) is 7.37. The van der Waals surface area contributed by atoms with Crippen molar-refractivity contribution in [1.82, 2.24) is 5.32 Å². The molecule has 0 radical (unpaired) electrons. The van der Waals surface area contributed by atoms with Gasteiger partial charge in [0.15, 0.2) is 6.61 Å². The Balaban J connectivity index is 1.60. The summed E-state index contributed by atoms with van der Waals surface area (Å²) < 4.78 is 5.47. The molecule has 0 bridgehead atoms. The number of fused-ring (bicyclic) bond motifs is 1. The molecule has 0 spiro atoms. The van der Waals surface area contributed by atoms with E-state index in [1.807, 2.05) is 18.2 Å². The number of benzene rings is 2. The van der Waals surface area contributed by atoms with Crippen LogP contribution in [0.1, 0.15) is 35.6 Å². The molecule has 122 valence electrons. The number of hydrogen-bond acceptors (Lipinski definition) is 3. The Morgan fingerprint density at radius 1 is 1.33 bits per heavy atom. The number of ether oxygens (including phenoxy) is 1. The first-order valence-corrected chi connectivity index (χ1v) is 8.25. The van der Waals surface area contributed by atoms with Crippen molar-refractivity contribution in [2.75, 3.05) is 6.61 Å². The van der Waals surface area contributed by atoms with Gasteiger partial charge in [-0.25, -0.2) is 0 Å². The molecule has 2 aromatic rings. The molecule has 1 N–H and O–H groups in total. The van der Waals surface area contributed by atoms with Crippen LogP contribution in [-0.2, 0) is 11.2 Å². The Bertz CT molecular complexity index is 798. The van der Waals surface area contributed by atoms with Gasteiger partial charge in [-0.05, 0) is 48.6 Å². The van der Waals surface area contributed by atoms with Gasteiger partial charge < -0.3 is 10.1 Å². The summed E-state index contributed by atoms with van der Waals surface area (Å²) in [7, 11) is 0. The first-order valence-electron chi connectivity index (χ1n) is 7.87. The van der Waals surface area contributed by atoms with E-state index in [4.69, 9.17) is 21.6 Å². The highest BCUT2D eigenvalue weighted by Gasteiger charge is 2.21. The minimum Gasteiger partial charge on any atom is -0.482 e. The highest BCUT2D eigenvalue weighted by molar-refractivity contribution is 6.32. The zero-order chi connectivity index (χ0) is 16.9. The topological polar surface area (TPSA) is 62.1 Å². The van der Waals surface area contributed by atoms with E-state index < -0.39 is 0 Å². The van der Waals surface area contributed by atoms with Crippen LogP contribution in [-0.4, -0.2) is 12.5 Å². The lowest BCUT2D eigenvalue weighted by molar-refractivity contribution is -0.123. The Kier molecular flexibility index (Phi) is 5.02. The Hall–Kier alpha value is -2.51. The first kappa shape index (κ1) is 16.4. The van der Waals surface area contributed by atoms with Crippen LogP contribution in [0.3, 0.4) is 0 Å². The third-order valence-corrected chi connectivity index (χ3v) is 4.42. The predicted molar refractivity (Wildman–Crippen MR) is 91.9 cm³/mol. The van der Waals surface area contributed by atoms with Gasteiger partial charge in [-0.3, -0.25) is 4.79 Å². The molecule has 1 amide bonds. The number of amides is 1. The number of rotatable bonds is 4. The quantitative estimate of drug-likeness (QED) is 0.921. The fraction of sp³-hybridized carbons (Fsp3) is 0.263. The molecular weight excluding hydrogens is 324 g/mol. The van der Waals surface area contributed by atoms with Gasteiger partial charge in [-0.1, -0.05) is 35.9 Å². The van der Waals surface area contributed by atoms with Gasteiger partial charge in [-0.2, -0.15) is 5.26 Å². The molecule has 24 heavy (non-hydrogen) atoms. The summed E-state index contributed by atoms with van der Waals surface area (Å²) >= 11 is 6.04. The number of nitrogens with one attached hydrogen (secondary N) is 1. The van der Waals surface area contributed by atoms with Crippen molar-refractivity contribution in [2.45, 2.75) is 25.3 Å². The fourth-order valence-corrected chi connectivity index (χ4v) is 3.21. The van der Waals surface area contributed by atoms with Crippen molar-refractivity contribution in [3.05, 3.63) is 64.2 Å². The number of carbonyl (C=O) groups excluding carboxylic acids is 1. The van der Waals surface area contributed by atoms with E-state index in [0.717, 1.165) is 19.3 Å². The van der Waals surface area contributed by atoms with Crippen LogP contribution in [0.25, 0.3) is 0 Å². The molecule has 0 unspecified atom stereocenters. The molecule has 1 aliphatic rings. The lowest BCUT2D eigenvalue weighted by Gasteiger charge is -2.26. The fourth-order valence-electron chi connectivity index (χ4n) is 2.97. The lowest BCUT2D eigenvalue weighted by atomic mass is 9.88. The van der Waals surface area contributed by atoms with Gasteiger partial charge in [0.25, 0.3) is 5.91 Å². The third kappa shape index (κ3) is 3.69. The van der Waals surface area contributed by atoms with Crippen molar-refractivity contribution in [3.63, 3.8) is 0 Å². The summed E-state index contributed by atoms with van der Waals surface area (Å²) in [6, 6.07) is 15.0.